The van der Waals surface area contributed by atoms with Crippen LogP contribution in [0.15, 0.2) is 53.7 Å². The van der Waals surface area contributed by atoms with Crippen LogP contribution in [0.3, 0.4) is 0 Å². The van der Waals surface area contributed by atoms with E-state index in [1.807, 2.05) is 54.8 Å². The van der Waals surface area contributed by atoms with E-state index >= 15 is 0 Å². The lowest BCUT2D eigenvalue weighted by Gasteiger charge is -2.19. The molecule has 34 heavy (non-hydrogen) atoms. The third-order valence-corrected chi connectivity index (χ3v) is 6.17. The van der Waals surface area contributed by atoms with E-state index in [1.165, 1.54) is 17.3 Å². The molecule has 182 valence electrons. The van der Waals surface area contributed by atoms with Gasteiger partial charge in [0.05, 0.1) is 18.0 Å². The maximum Gasteiger partial charge on any atom is 0.234 e. The Balaban J connectivity index is 1.67. The molecule has 0 saturated heterocycles. The lowest BCUT2D eigenvalue weighted by molar-refractivity contribution is -0.113. The predicted molar refractivity (Wildman–Crippen MR) is 137 cm³/mol. The first-order valence-electron chi connectivity index (χ1n) is 11.7. The summed E-state index contributed by atoms with van der Waals surface area (Å²) in [6.45, 7) is 12.9. The minimum absolute atomic E-state index is 0.114. The van der Waals surface area contributed by atoms with E-state index in [9.17, 15) is 4.79 Å². The van der Waals surface area contributed by atoms with E-state index in [0.717, 1.165) is 11.6 Å². The second-order valence-electron chi connectivity index (χ2n) is 8.55. The van der Waals surface area contributed by atoms with Gasteiger partial charge in [0.15, 0.2) is 17.1 Å². The Morgan fingerprint density at radius 1 is 1.03 bits per heavy atom. The average molecular weight is 483 g/mol. The molecule has 0 spiro atoms. The second kappa shape index (κ2) is 11.9. The molecule has 3 rings (SSSR count). The fourth-order valence-electron chi connectivity index (χ4n) is 3.51. The van der Waals surface area contributed by atoms with Gasteiger partial charge in [-0.25, -0.2) is 0 Å². The van der Waals surface area contributed by atoms with Gasteiger partial charge in [0, 0.05) is 6.04 Å². The molecule has 0 aliphatic carbocycles. The number of thioether (sulfide) groups is 1. The summed E-state index contributed by atoms with van der Waals surface area (Å²) in [7, 11) is 0. The van der Waals surface area contributed by atoms with Crippen molar-refractivity contribution < 1.29 is 14.3 Å². The van der Waals surface area contributed by atoms with Crippen LogP contribution in [-0.2, 0) is 4.79 Å². The highest BCUT2D eigenvalue weighted by Crippen LogP contribution is 2.29. The molecule has 1 heterocycles. The molecule has 0 bridgehead atoms. The Hall–Kier alpha value is -3.00. The number of hydrogen-bond donors (Lipinski definition) is 1. The number of aromatic nitrogens is 3. The molecule has 1 amide bonds. The van der Waals surface area contributed by atoms with Gasteiger partial charge in [-0.2, -0.15) is 0 Å². The molecular weight excluding hydrogens is 448 g/mol. The largest absolute Gasteiger partial charge is 0.492 e. The highest BCUT2D eigenvalue weighted by atomic mass is 32.2. The number of rotatable bonds is 11. The van der Waals surface area contributed by atoms with Crippen LogP contribution in [-0.4, -0.2) is 33.0 Å². The molecule has 0 aliphatic rings. The summed E-state index contributed by atoms with van der Waals surface area (Å²) in [5.41, 5.74) is 1.93. The van der Waals surface area contributed by atoms with Crippen LogP contribution < -0.4 is 14.8 Å². The van der Waals surface area contributed by atoms with Crippen LogP contribution in [0.2, 0.25) is 0 Å². The third kappa shape index (κ3) is 6.53. The topological polar surface area (TPSA) is 78.3 Å². The van der Waals surface area contributed by atoms with E-state index in [2.05, 4.69) is 55.3 Å². The molecule has 8 heteroatoms. The molecule has 0 aliphatic heterocycles. The van der Waals surface area contributed by atoms with Gasteiger partial charge in [-0.3, -0.25) is 4.79 Å². The molecule has 0 saturated carbocycles. The summed E-state index contributed by atoms with van der Waals surface area (Å²) in [6, 6.07) is 15.7. The number of nitrogens with zero attached hydrogens (tertiary/aromatic N) is 3. The lowest BCUT2D eigenvalue weighted by atomic mass is 10.0. The van der Waals surface area contributed by atoms with Crippen LogP contribution in [0.5, 0.6) is 11.5 Å². The van der Waals surface area contributed by atoms with Crippen molar-refractivity contribution in [2.45, 2.75) is 64.8 Å². The van der Waals surface area contributed by atoms with Gasteiger partial charge in [-0.1, -0.05) is 49.9 Å². The van der Waals surface area contributed by atoms with Crippen LogP contribution >= 0.6 is 11.8 Å². The first-order valence-corrected chi connectivity index (χ1v) is 12.6. The summed E-state index contributed by atoms with van der Waals surface area (Å²) in [4.78, 5) is 12.6. The van der Waals surface area contributed by atoms with Gasteiger partial charge >= 0.3 is 0 Å². The number of ether oxygens (including phenoxy) is 2. The number of anilines is 1. The molecule has 1 aromatic heterocycles. The molecular formula is C26H34N4O3S. The zero-order chi connectivity index (χ0) is 24.7. The maximum atomic E-state index is 12.6. The van der Waals surface area contributed by atoms with Crippen molar-refractivity contribution in [2.24, 2.45) is 0 Å². The summed E-state index contributed by atoms with van der Waals surface area (Å²) in [6.07, 6.45) is -0.291. The van der Waals surface area contributed by atoms with Crippen LogP contribution in [0.4, 0.5) is 5.69 Å². The summed E-state index contributed by atoms with van der Waals surface area (Å²) >= 11 is 1.35. The minimum Gasteiger partial charge on any atom is -0.492 e. The maximum absolute atomic E-state index is 12.6. The van der Waals surface area contributed by atoms with Gasteiger partial charge < -0.3 is 19.4 Å². The smallest absolute Gasteiger partial charge is 0.234 e. The van der Waals surface area contributed by atoms with Gasteiger partial charge in [0.1, 0.15) is 11.5 Å². The number of para-hydroxylation sites is 2. The number of carbonyl (C=O) groups excluding carboxylic acids is 1. The Labute approximate surface area is 206 Å². The van der Waals surface area contributed by atoms with Crippen molar-refractivity contribution in [2.75, 3.05) is 17.7 Å². The highest BCUT2D eigenvalue weighted by molar-refractivity contribution is 7.99. The van der Waals surface area contributed by atoms with Gasteiger partial charge in [0.25, 0.3) is 0 Å². The first-order chi connectivity index (χ1) is 16.3. The van der Waals surface area contributed by atoms with E-state index in [1.54, 1.807) is 0 Å². The number of hydrogen-bond acceptors (Lipinski definition) is 6. The van der Waals surface area contributed by atoms with Crippen molar-refractivity contribution in [1.29, 1.82) is 0 Å². The van der Waals surface area contributed by atoms with E-state index in [0.29, 0.717) is 29.1 Å². The number of carbonyl (C=O) groups is 1. The summed E-state index contributed by atoms with van der Waals surface area (Å²) < 4.78 is 13.8. The monoisotopic (exact) mass is 482 g/mol. The van der Waals surface area contributed by atoms with Crippen LogP contribution in [0.1, 0.15) is 71.0 Å². The molecule has 0 radical (unpaired) electrons. The predicted octanol–water partition coefficient (Wildman–Crippen LogP) is 6.25. The molecule has 0 fully saturated rings. The van der Waals surface area contributed by atoms with Gasteiger partial charge in [-0.15, -0.1) is 10.2 Å². The van der Waals surface area contributed by atoms with Crippen molar-refractivity contribution in [3.05, 3.63) is 59.9 Å². The lowest BCUT2D eigenvalue weighted by Crippen LogP contribution is -2.17. The standard InChI is InChI=1S/C26H34N4O3S/c1-7-32-23-11-9-8-10-22(23)27-24(31)16-34-26-29-28-25(30(26)18(4)5)19(6)33-21-14-12-20(13-15-21)17(2)3/h8-15,17-19H,7,16H2,1-6H3,(H,27,31). The second-order valence-corrected chi connectivity index (χ2v) is 9.50. The number of benzene rings is 2. The normalized spacial score (nSPS) is 12.1. The number of nitrogens with one attached hydrogen (secondary N) is 1. The van der Waals surface area contributed by atoms with Crippen molar-refractivity contribution in [1.82, 2.24) is 14.8 Å². The quantitative estimate of drug-likeness (QED) is 0.325. The molecule has 1 unspecified atom stereocenters. The summed E-state index contributed by atoms with van der Waals surface area (Å²) in [5, 5.41) is 12.4. The number of amides is 1. The highest BCUT2D eigenvalue weighted by Gasteiger charge is 2.22. The van der Waals surface area contributed by atoms with E-state index in [-0.39, 0.29) is 23.8 Å². The summed E-state index contributed by atoms with van der Waals surface area (Å²) in [5.74, 6) is 2.72. The molecule has 3 aromatic rings. The van der Waals surface area contributed by atoms with Gasteiger partial charge in [-0.05, 0) is 63.4 Å². The molecule has 7 nitrogen and oxygen atoms in total. The Morgan fingerprint density at radius 3 is 2.38 bits per heavy atom. The molecule has 1 N–H and O–H groups in total. The van der Waals surface area contributed by atoms with Crippen molar-refractivity contribution >= 4 is 23.4 Å². The van der Waals surface area contributed by atoms with Crippen LogP contribution in [0.25, 0.3) is 0 Å². The molecule has 1 atom stereocenters. The molecule has 2 aromatic carbocycles. The Kier molecular flexibility index (Phi) is 8.98. The zero-order valence-electron chi connectivity index (χ0n) is 20.7. The first kappa shape index (κ1) is 25.6. The fourth-order valence-corrected chi connectivity index (χ4v) is 4.38. The third-order valence-electron chi connectivity index (χ3n) is 5.22. The fraction of sp³-hybridized carbons (Fsp3) is 0.423. The minimum atomic E-state index is -0.291. The SMILES string of the molecule is CCOc1ccccc1NC(=O)CSc1nnc(C(C)Oc2ccc(C(C)C)cc2)n1C(C)C. The average Bonchev–Trinajstić information content (AvgIpc) is 3.24. The van der Waals surface area contributed by atoms with E-state index in [4.69, 9.17) is 9.47 Å². The Bertz CT molecular complexity index is 1080. The van der Waals surface area contributed by atoms with E-state index < -0.39 is 0 Å². The van der Waals surface area contributed by atoms with Gasteiger partial charge in [0.2, 0.25) is 5.91 Å². The van der Waals surface area contributed by atoms with Crippen molar-refractivity contribution in [3.8, 4) is 11.5 Å². The van der Waals surface area contributed by atoms with Crippen LogP contribution in [0, 0.1) is 0 Å². The zero-order valence-corrected chi connectivity index (χ0v) is 21.6. The Morgan fingerprint density at radius 2 is 1.74 bits per heavy atom. The van der Waals surface area contributed by atoms with Crippen molar-refractivity contribution in [3.63, 3.8) is 0 Å².